The molecule has 6 amide bonds. The molecule has 4 aliphatic rings. The average molecular weight is 1160 g/mol. The summed E-state index contributed by atoms with van der Waals surface area (Å²) in [4.78, 5) is 68.6. The van der Waals surface area contributed by atoms with Crippen molar-refractivity contribution in [3.63, 3.8) is 0 Å². The topological polar surface area (TPSA) is 411 Å². The lowest BCUT2D eigenvalue weighted by Crippen LogP contribution is -2.53. The second-order valence-corrected chi connectivity index (χ2v) is 22.1. The highest BCUT2D eigenvalue weighted by molar-refractivity contribution is 6.22. The lowest BCUT2D eigenvalue weighted by atomic mass is 10.0. The van der Waals surface area contributed by atoms with Gasteiger partial charge in [0.25, 0.3) is 16.6 Å². The number of nitrogens with two attached hydrogens (primary N) is 1. The van der Waals surface area contributed by atoms with Crippen LogP contribution in [0.5, 0.6) is 0 Å². The van der Waals surface area contributed by atoms with E-state index in [-0.39, 0.29) is 67.1 Å². The van der Waals surface area contributed by atoms with Gasteiger partial charge in [0.15, 0.2) is 0 Å². The zero-order valence-corrected chi connectivity index (χ0v) is 48.8. The summed E-state index contributed by atoms with van der Waals surface area (Å²) in [5.74, 6) is 0.461. The molecule has 4 saturated heterocycles. The normalized spacial score (nSPS) is 24.7. The van der Waals surface area contributed by atoms with Crippen LogP contribution in [0.15, 0.2) is 0 Å². The first-order chi connectivity index (χ1) is 34.0. The molecule has 0 bridgehead atoms. The lowest BCUT2D eigenvalue weighted by Gasteiger charge is -2.31. The van der Waals surface area contributed by atoms with Crippen LogP contribution in [-0.2, 0) is 9.03 Å². The highest BCUT2D eigenvalue weighted by Gasteiger charge is 2.45. The van der Waals surface area contributed by atoms with E-state index in [9.17, 15) is 44.7 Å². The number of hydrogen-bond donors (Lipinski definition) is 11. The Morgan fingerprint density at radius 1 is 0.707 bits per heavy atom. The van der Waals surface area contributed by atoms with Crippen LogP contribution in [0.1, 0.15) is 69.2 Å². The number of aliphatic hydroxyl groups excluding tert-OH is 6. The molecule has 0 aromatic rings. The Bertz CT molecular complexity index is 1690. The molecule has 446 valence electrons. The number of likely N-dealkylation sites (N-methyl/N-ethyl adjacent to an activating group) is 6. The number of halogens is 3. The molecule has 0 aromatic carbocycles. The van der Waals surface area contributed by atoms with E-state index in [4.69, 9.17) is 76.4 Å². The first kappa shape index (κ1) is 77.9. The minimum atomic E-state index is -1.58. The fourth-order valence-electron chi connectivity index (χ4n) is 5.66. The van der Waals surface area contributed by atoms with Crippen molar-refractivity contribution >= 4 is 53.3 Å². The number of amides is 6. The number of ether oxygens (including phenoxy) is 1. The van der Waals surface area contributed by atoms with E-state index in [0.29, 0.717) is 45.3 Å². The van der Waals surface area contributed by atoms with Gasteiger partial charge in [-0.2, -0.15) is 0 Å². The molecule has 6 unspecified atom stereocenters. The largest absolute Gasteiger partial charge is 0.394 e. The van der Waals surface area contributed by atoms with Gasteiger partial charge in [-0.15, -0.1) is 11.6 Å². The van der Waals surface area contributed by atoms with E-state index in [2.05, 4.69) is 25.6 Å². The maximum absolute atomic E-state index is 11.1. The standard InChI is InChI=1S/C6H11ClN2O2.C6H11ClN2O.C6H12N2O3.C6H12N2O2.C5H12N2O3.C5H14N2O.C4H9ClO.C4H9NO4/c1-6(4-10)3-8(2)5(11)9(6)7;1-6(3-7)4-9(2)5(10)8-6;1-6(8(9)10)3-7(2)5-11-4-6;1-6(4-9)3-8(2)5(10)7-6;1-5(4-8,3-6-2)7(9)10;1-5(6,4-8)3-7-2;1-4(2,3)6-5;1-4(2-6,3-7)5(8)9/h10H,3-4H2,1-2H3;3-4H2,1-2H3,(H,8,10);3-5H2,1-2H3;9H,3-4H2,1-2H3,(H,7,10);6,8H,3-4H2,1-2H3;7-8H,3-4,6H2,1-2H3;1-3H3;6-7H,2-3H2,1H3. The number of nitrogens with zero attached hydrogens (tertiary/aromatic N) is 8. The minimum Gasteiger partial charge on any atom is -0.394 e. The van der Waals surface area contributed by atoms with E-state index in [1.165, 1.54) is 18.7 Å². The van der Waals surface area contributed by atoms with Crippen molar-refractivity contribution < 1.29 is 68.8 Å². The van der Waals surface area contributed by atoms with Crippen molar-refractivity contribution in [1.82, 2.24) is 45.3 Å². The molecular weight excluding hydrogens is 1060 g/mol. The van der Waals surface area contributed by atoms with Crippen LogP contribution in [0.25, 0.3) is 0 Å². The molecule has 4 aliphatic heterocycles. The monoisotopic (exact) mass is 1150 g/mol. The summed E-state index contributed by atoms with van der Waals surface area (Å²) < 4.78 is 10.5. The highest BCUT2D eigenvalue weighted by atomic mass is 35.5. The van der Waals surface area contributed by atoms with Gasteiger partial charge in [0.2, 0.25) is 0 Å². The molecule has 30 nitrogen and oxygen atoms in total. The first-order valence-electron chi connectivity index (χ1n) is 23.1. The highest BCUT2D eigenvalue weighted by Crippen LogP contribution is 2.26. The zero-order chi connectivity index (χ0) is 60.2. The first-order valence-corrected chi connectivity index (χ1v) is 24.3. The number of urea groups is 3. The maximum atomic E-state index is 11.1. The molecule has 0 spiro atoms. The summed E-state index contributed by atoms with van der Waals surface area (Å²) in [5.41, 5.74) is -0.190. The van der Waals surface area contributed by atoms with Gasteiger partial charge in [0.05, 0.1) is 73.7 Å². The Balaban J connectivity index is -0.000000386. The van der Waals surface area contributed by atoms with Crippen LogP contribution in [0.3, 0.4) is 0 Å². The fourth-order valence-corrected chi connectivity index (χ4v) is 6.05. The molecule has 75 heavy (non-hydrogen) atoms. The zero-order valence-electron chi connectivity index (χ0n) is 46.6. The molecule has 6 atom stereocenters. The van der Waals surface area contributed by atoms with Gasteiger partial charge >= 0.3 is 18.1 Å². The van der Waals surface area contributed by atoms with Crippen LogP contribution in [0.2, 0.25) is 0 Å². The summed E-state index contributed by atoms with van der Waals surface area (Å²) >= 11 is 16.3. The summed E-state index contributed by atoms with van der Waals surface area (Å²) in [7, 11) is 10.3. The van der Waals surface area contributed by atoms with E-state index in [1.807, 2.05) is 34.6 Å². The van der Waals surface area contributed by atoms with Crippen molar-refractivity contribution in [3.8, 4) is 0 Å². The van der Waals surface area contributed by atoms with Crippen molar-refractivity contribution in [2.75, 3.05) is 140 Å². The second kappa shape index (κ2) is 35.0. The molecule has 0 aromatic heterocycles. The predicted octanol–water partition coefficient (Wildman–Crippen LogP) is -0.658. The van der Waals surface area contributed by atoms with Gasteiger partial charge in [-0.25, -0.2) is 18.8 Å². The minimum absolute atomic E-state index is 0.0108. The van der Waals surface area contributed by atoms with Gasteiger partial charge in [0.1, 0.15) is 26.4 Å². The predicted molar refractivity (Wildman–Crippen MR) is 283 cm³/mol. The molecular formula is C42H90Cl3N13O17. The number of nitro groups is 3. The Kier molecular flexibility index (Phi) is 36.4. The molecule has 0 saturated carbocycles. The summed E-state index contributed by atoms with van der Waals surface area (Å²) in [5, 5.41) is 93.3. The number of carbonyl (C=O) groups is 3. The summed E-state index contributed by atoms with van der Waals surface area (Å²) in [6.07, 6.45) is 0. The Labute approximate surface area is 456 Å². The van der Waals surface area contributed by atoms with Gasteiger partial charge < -0.3 is 77.1 Å². The van der Waals surface area contributed by atoms with Crippen LogP contribution in [0, 0.1) is 30.3 Å². The van der Waals surface area contributed by atoms with Gasteiger partial charge in [-0.05, 0) is 69.6 Å². The van der Waals surface area contributed by atoms with Crippen molar-refractivity contribution in [2.45, 2.75) is 114 Å². The van der Waals surface area contributed by atoms with Crippen LogP contribution < -0.4 is 27.0 Å². The molecule has 0 radical (unpaired) electrons. The number of alkyl halides is 1. The second-order valence-electron chi connectivity index (χ2n) is 21.4. The van der Waals surface area contributed by atoms with Gasteiger partial charge in [0, 0.05) is 106 Å². The van der Waals surface area contributed by atoms with Crippen LogP contribution >= 0.6 is 35.2 Å². The maximum Gasteiger partial charge on any atom is 0.335 e. The van der Waals surface area contributed by atoms with Gasteiger partial charge in [-0.3, -0.25) is 39.5 Å². The third-order valence-electron chi connectivity index (χ3n) is 10.6. The molecule has 4 fully saturated rings. The quantitative estimate of drug-likeness (QED) is 0.0445. The van der Waals surface area contributed by atoms with E-state index < -0.39 is 62.9 Å². The Hall–Kier alpha value is -3.60. The number of hydrogen-bond acceptors (Lipinski definition) is 21. The molecule has 33 heteroatoms. The summed E-state index contributed by atoms with van der Waals surface area (Å²) in [6.45, 7) is 19.0. The summed E-state index contributed by atoms with van der Waals surface area (Å²) in [6, 6.07) is -0.414. The number of aliphatic hydroxyl groups is 6. The van der Waals surface area contributed by atoms with E-state index in [1.54, 1.807) is 77.8 Å². The number of nitrogens with one attached hydrogen (secondary N) is 4. The van der Waals surface area contributed by atoms with Crippen molar-refractivity contribution in [3.05, 3.63) is 30.3 Å². The van der Waals surface area contributed by atoms with Crippen LogP contribution in [-0.4, -0.2) is 272 Å². The molecule has 4 rings (SSSR count). The SMILES string of the molecule is CC(C)(C)OCl.CC(CO)(CO)[N+](=O)[O-].CN1CC(C)(CCl)NC1=O.CN1CC(C)(CO)N(Cl)C1=O.CN1CC(C)(CO)NC1=O.CN1COCC(C)([N+](=O)[O-])C1.CNCC(C)(CO)[N+](=O)[O-].CNCC(C)(N)CO. The van der Waals surface area contributed by atoms with Crippen molar-refractivity contribution in [2.24, 2.45) is 5.73 Å². The number of carbonyl (C=O) groups excluding carboxylic acids is 3. The van der Waals surface area contributed by atoms with Gasteiger partial charge in [-0.1, -0.05) is 0 Å². The molecule has 12 N–H and O–H groups in total. The van der Waals surface area contributed by atoms with E-state index >= 15 is 0 Å². The third-order valence-corrected chi connectivity index (χ3v) is 12.2. The lowest BCUT2D eigenvalue weighted by molar-refractivity contribution is -0.575. The molecule has 0 aliphatic carbocycles. The Morgan fingerprint density at radius 3 is 1.27 bits per heavy atom. The smallest absolute Gasteiger partial charge is 0.335 e. The number of rotatable bonds is 14. The third kappa shape index (κ3) is 29.6. The van der Waals surface area contributed by atoms with Crippen molar-refractivity contribution in [1.29, 1.82) is 0 Å². The average Bonchev–Trinajstić information content (AvgIpc) is 3.85. The van der Waals surface area contributed by atoms with Crippen LogP contribution in [0.4, 0.5) is 14.4 Å². The molecule has 4 heterocycles. The Morgan fingerprint density at radius 2 is 1.12 bits per heavy atom. The van der Waals surface area contributed by atoms with E-state index in [0.717, 1.165) is 4.42 Å². The fraction of sp³-hybridized carbons (Fsp3) is 0.929.